The van der Waals surface area contributed by atoms with Crippen LogP contribution in [-0.4, -0.2) is 95.9 Å². The van der Waals surface area contributed by atoms with Crippen LogP contribution in [0.1, 0.15) is 140 Å². The van der Waals surface area contributed by atoms with Gasteiger partial charge in [0.25, 0.3) is 0 Å². The molecule has 0 bridgehead atoms. The van der Waals surface area contributed by atoms with E-state index in [4.69, 9.17) is 47.4 Å². The van der Waals surface area contributed by atoms with Crippen molar-refractivity contribution >= 4 is 29.8 Å². The molecule has 374 valence electrons. The zero-order valence-electron chi connectivity index (χ0n) is 39.7. The highest BCUT2D eigenvalue weighted by molar-refractivity contribution is 6.05. The topological polar surface area (TPSA) is 178 Å². The summed E-state index contributed by atoms with van der Waals surface area (Å²) in [5, 5.41) is 0. The third kappa shape index (κ3) is 26.9. The smallest absolute Gasteiger partial charge is 0.339 e. The highest BCUT2D eigenvalue weighted by Crippen LogP contribution is 2.30. The predicted octanol–water partition coefficient (Wildman–Crippen LogP) is 10.2. The van der Waals surface area contributed by atoms with Gasteiger partial charge in [0.1, 0.15) is 0 Å². The van der Waals surface area contributed by atoms with Crippen molar-refractivity contribution in [2.24, 2.45) is 23.7 Å². The second kappa shape index (κ2) is 37.4. The van der Waals surface area contributed by atoms with Crippen LogP contribution in [0.15, 0.2) is 82.4 Å². The van der Waals surface area contributed by atoms with Gasteiger partial charge in [-0.2, -0.15) is 0 Å². The number of carbonyl (C=O) groups excluding carboxylic acids is 5. The molecule has 0 unspecified atom stereocenters. The van der Waals surface area contributed by atoms with E-state index in [9.17, 15) is 24.0 Å². The number of hydrogen-bond acceptors (Lipinski definition) is 15. The minimum absolute atomic E-state index is 0.00968. The molecule has 67 heavy (non-hydrogen) atoms. The van der Waals surface area contributed by atoms with Crippen LogP contribution in [-0.2, 0) is 57.0 Å². The molecule has 0 aromatic heterocycles. The number of ether oxygens (including phenoxy) is 10. The Bertz CT molecular complexity index is 1580. The summed E-state index contributed by atoms with van der Waals surface area (Å²) in [6.07, 6.45) is 20.5. The quantitative estimate of drug-likeness (QED) is 0.0272. The predicted molar refractivity (Wildman–Crippen MR) is 252 cm³/mol. The lowest BCUT2D eigenvalue weighted by molar-refractivity contribution is -0.147. The molecule has 3 rings (SSSR count). The summed E-state index contributed by atoms with van der Waals surface area (Å²) in [6, 6.07) is 4.08. The molecular formula is C52H76O15. The molecule has 15 heteroatoms. The van der Waals surface area contributed by atoms with E-state index in [0.717, 1.165) is 64.6 Å². The fourth-order valence-corrected chi connectivity index (χ4v) is 7.34. The summed E-state index contributed by atoms with van der Waals surface area (Å²) in [5.74, 6) is -0.433. The number of esters is 5. The molecule has 2 fully saturated rings. The van der Waals surface area contributed by atoms with Gasteiger partial charge in [-0.3, -0.25) is 9.59 Å². The van der Waals surface area contributed by atoms with E-state index in [2.05, 4.69) is 32.9 Å². The summed E-state index contributed by atoms with van der Waals surface area (Å²) in [6.45, 7) is 21.8. The average Bonchev–Trinajstić information content (AvgIpc) is 3.35. The van der Waals surface area contributed by atoms with Crippen LogP contribution >= 0.6 is 0 Å². The first-order chi connectivity index (χ1) is 32.6. The van der Waals surface area contributed by atoms with Gasteiger partial charge in [-0.15, -0.1) is 0 Å². The SMILES string of the molecule is C=COCC1CCC(COC(=O)CCCC(=O)OCC2CCC(COC=C)CC2)CC1.C=COCCCCOC(=O)c1ccc(C(=O)OCCCCOC=C)c(C(=O)OCCCCOC=C)c1. The van der Waals surface area contributed by atoms with Gasteiger partial charge in [-0.25, -0.2) is 14.4 Å². The molecule has 2 saturated carbocycles. The van der Waals surface area contributed by atoms with Gasteiger partial charge in [-0.05, 0) is 138 Å². The molecule has 2 aliphatic carbocycles. The number of rotatable bonds is 35. The summed E-state index contributed by atoms with van der Waals surface area (Å²) < 4.78 is 52.3. The fraction of sp³-hybridized carbons (Fsp3) is 0.596. The van der Waals surface area contributed by atoms with Gasteiger partial charge in [0.15, 0.2) is 0 Å². The Balaban J connectivity index is 0.000000465. The van der Waals surface area contributed by atoms with E-state index in [-0.39, 0.29) is 61.3 Å². The maximum absolute atomic E-state index is 12.8. The highest BCUT2D eigenvalue weighted by atomic mass is 16.6. The zero-order chi connectivity index (χ0) is 48.7. The van der Waals surface area contributed by atoms with Crippen LogP contribution in [0.25, 0.3) is 0 Å². The summed E-state index contributed by atoms with van der Waals surface area (Å²) in [5.41, 5.74) is 0.0726. The van der Waals surface area contributed by atoms with Gasteiger partial charge < -0.3 is 47.4 Å². The van der Waals surface area contributed by atoms with Gasteiger partial charge in [-0.1, -0.05) is 32.9 Å². The lowest BCUT2D eigenvalue weighted by Gasteiger charge is -2.27. The Kier molecular flexibility index (Phi) is 32.0. The average molecular weight is 941 g/mol. The standard InChI is InChI=1S/C27H36O9.C25H40O6/c1-4-31-15-7-10-18-34-25(28)22-13-14-23(26(29)35-19-11-8-16-32-5-2)24(21-22)27(30)36-20-12-9-17-33-6-3;1-3-28-16-20-8-12-22(13-9-20)18-30-24(26)6-5-7-25(27)31-19-23-14-10-21(11-15-23)17-29-4-2/h4-6,13-14,21H,1-3,7-12,15-20H2;3-4,20-23H,1-2,5-19H2. The minimum atomic E-state index is -0.734. The molecule has 1 aromatic carbocycles. The van der Waals surface area contributed by atoms with Crippen LogP contribution in [0, 0.1) is 23.7 Å². The molecule has 1 aromatic rings. The van der Waals surface area contributed by atoms with Gasteiger partial charge in [0.2, 0.25) is 0 Å². The number of unbranched alkanes of at least 4 members (excludes halogenated alkanes) is 3. The van der Waals surface area contributed by atoms with Crippen molar-refractivity contribution in [1.82, 2.24) is 0 Å². The van der Waals surface area contributed by atoms with Crippen molar-refractivity contribution in [2.75, 3.05) is 66.1 Å². The van der Waals surface area contributed by atoms with Crippen molar-refractivity contribution in [3.63, 3.8) is 0 Å². The molecule has 0 aliphatic heterocycles. The van der Waals surface area contributed by atoms with Crippen LogP contribution in [0.2, 0.25) is 0 Å². The summed E-state index contributed by atoms with van der Waals surface area (Å²) in [7, 11) is 0. The molecular weight excluding hydrogens is 865 g/mol. The lowest BCUT2D eigenvalue weighted by atomic mass is 9.83. The van der Waals surface area contributed by atoms with E-state index >= 15 is 0 Å². The molecule has 0 heterocycles. The zero-order valence-corrected chi connectivity index (χ0v) is 39.7. The van der Waals surface area contributed by atoms with Crippen molar-refractivity contribution in [3.05, 3.63) is 99.1 Å². The van der Waals surface area contributed by atoms with E-state index in [1.807, 2.05) is 0 Å². The first kappa shape index (κ1) is 57.4. The van der Waals surface area contributed by atoms with Crippen LogP contribution in [0.3, 0.4) is 0 Å². The molecule has 0 atom stereocenters. The van der Waals surface area contributed by atoms with Crippen molar-refractivity contribution in [3.8, 4) is 0 Å². The Morgan fingerprint density at radius 1 is 0.403 bits per heavy atom. The third-order valence-electron chi connectivity index (χ3n) is 11.3. The minimum Gasteiger partial charge on any atom is -0.502 e. The fourth-order valence-electron chi connectivity index (χ4n) is 7.34. The first-order valence-corrected chi connectivity index (χ1v) is 23.7. The largest absolute Gasteiger partial charge is 0.502 e. The molecule has 0 amide bonds. The monoisotopic (exact) mass is 941 g/mol. The van der Waals surface area contributed by atoms with Crippen LogP contribution in [0.5, 0.6) is 0 Å². The Morgan fingerprint density at radius 2 is 0.746 bits per heavy atom. The maximum Gasteiger partial charge on any atom is 0.339 e. The molecule has 0 radical (unpaired) electrons. The molecule has 2 aliphatic rings. The normalized spacial score (nSPS) is 17.3. The Morgan fingerprint density at radius 3 is 1.13 bits per heavy atom. The molecule has 15 nitrogen and oxygen atoms in total. The Labute approximate surface area is 398 Å². The molecule has 0 N–H and O–H groups in total. The van der Waals surface area contributed by atoms with Crippen molar-refractivity contribution < 1.29 is 71.3 Å². The van der Waals surface area contributed by atoms with Crippen molar-refractivity contribution in [2.45, 2.75) is 109 Å². The second-order valence-electron chi connectivity index (χ2n) is 16.4. The lowest BCUT2D eigenvalue weighted by Crippen LogP contribution is -2.23. The first-order valence-electron chi connectivity index (χ1n) is 23.7. The van der Waals surface area contributed by atoms with Crippen LogP contribution < -0.4 is 0 Å². The van der Waals surface area contributed by atoms with E-state index in [1.54, 1.807) is 0 Å². The maximum atomic E-state index is 12.8. The molecule has 0 saturated heterocycles. The second-order valence-corrected chi connectivity index (χ2v) is 16.4. The van der Waals surface area contributed by atoms with Crippen LogP contribution in [0.4, 0.5) is 0 Å². The number of carbonyl (C=O) groups is 5. The van der Waals surface area contributed by atoms with E-state index in [1.165, 1.54) is 49.5 Å². The van der Waals surface area contributed by atoms with Gasteiger partial charge in [0, 0.05) is 12.8 Å². The molecule has 0 spiro atoms. The van der Waals surface area contributed by atoms with Gasteiger partial charge in [0.05, 0.1) is 114 Å². The summed E-state index contributed by atoms with van der Waals surface area (Å²) in [4.78, 5) is 61.8. The Hall–Kier alpha value is -5.73. The number of hydrogen-bond donors (Lipinski definition) is 0. The third-order valence-corrected chi connectivity index (χ3v) is 11.3. The van der Waals surface area contributed by atoms with Crippen molar-refractivity contribution in [1.29, 1.82) is 0 Å². The van der Waals surface area contributed by atoms with E-state index in [0.29, 0.717) is 102 Å². The summed E-state index contributed by atoms with van der Waals surface area (Å²) >= 11 is 0. The number of benzene rings is 1. The highest BCUT2D eigenvalue weighted by Gasteiger charge is 2.25. The van der Waals surface area contributed by atoms with E-state index < -0.39 is 17.9 Å². The van der Waals surface area contributed by atoms with Gasteiger partial charge >= 0.3 is 29.8 Å².